The minimum Gasteiger partial charge on any atom is -0.329 e. The molecule has 1 aliphatic rings. The van der Waals surface area contributed by atoms with Crippen molar-refractivity contribution >= 4 is 17.4 Å². The highest BCUT2D eigenvalue weighted by Crippen LogP contribution is 2.29. The summed E-state index contributed by atoms with van der Waals surface area (Å²) in [6, 6.07) is 3.70. The van der Waals surface area contributed by atoms with Crippen LogP contribution in [0.25, 0.3) is 0 Å². The molecule has 0 fully saturated rings. The maximum absolute atomic E-state index is 12.3. The molecule has 0 spiro atoms. The highest BCUT2D eigenvalue weighted by molar-refractivity contribution is 7.11. The largest absolute Gasteiger partial charge is 0.329 e. The molecule has 1 atom stereocenters. The number of urea groups is 1. The van der Waals surface area contributed by atoms with E-state index in [9.17, 15) is 4.79 Å². The molecule has 0 saturated heterocycles. The van der Waals surface area contributed by atoms with Crippen LogP contribution in [0.1, 0.15) is 46.9 Å². The molecule has 0 unspecified atom stereocenters. The summed E-state index contributed by atoms with van der Waals surface area (Å²) in [5.74, 6) is 0. The average Bonchev–Trinajstić information content (AvgIpc) is 3.00. The Labute approximate surface area is 140 Å². The lowest BCUT2D eigenvalue weighted by Gasteiger charge is -2.20. The van der Waals surface area contributed by atoms with Crippen molar-refractivity contribution in [1.29, 1.82) is 0 Å². The zero-order valence-electron chi connectivity index (χ0n) is 13.6. The molecule has 1 aliphatic carbocycles. The van der Waals surface area contributed by atoms with Crippen LogP contribution in [-0.4, -0.2) is 27.9 Å². The summed E-state index contributed by atoms with van der Waals surface area (Å²) in [5.41, 5.74) is 2.25. The summed E-state index contributed by atoms with van der Waals surface area (Å²) in [5, 5.41) is 4.05. The average molecular weight is 330 g/mol. The van der Waals surface area contributed by atoms with Crippen molar-refractivity contribution < 1.29 is 4.79 Å². The lowest BCUT2D eigenvalue weighted by atomic mass is 10.0. The molecule has 2 aromatic heterocycles. The standard InChI is InChI=1S/C17H22N4OS/c1-12(16-20-14-7-3-4-8-15(14)23-16)19-17(22)21(2)11-13-6-5-9-18-10-13/h5-6,9-10,12H,3-4,7-8,11H2,1-2H3,(H,19,22)/t12-/m0/s1. The molecule has 0 radical (unpaired) electrons. The number of aromatic nitrogens is 2. The quantitative estimate of drug-likeness (QED) is 0.935. The molecule has 0 aliphatic heterocycles. The van der Waals surface area contributed by atoms with Gasteiger partial charge < -0.3 is 10.2 Å². The number of hydrogen-bond donors (Lipinski definition) is 1. The highest BCUT2D eigenvalue weighted by Gasteiger charge is 2.20. The molecule has 3 rings (SSSR count). The number of nitrogens with zero attached hydrogens (tertiary/aromatic N) is 3. The van der Waals surface area contributed by atoms with Gasteiger partial charge in [0.1, 0.15) is 5.01 Å². The molecule has 0 bridgehead atoms. The maximum atomic E-state index is 12.3. The predicted molar refractivity (Wildman–Crippen MR) is 91.4 cm³/mol. The van der Waals surface area contributed by atoms with Crippen molar-refractivity contribution in [3.63, 3.8) is 0 Å². The van der Waals surface area contributed by atoms with Gasteiger partial charge in [0.15, 0.2) is 0 Å². The third kappa shape index (κ3) is 3.88. The van der Waals surface area contributed by atoms with Crippen molar-refractivity contribution in [2.24, 2.45) is 0 Å². The molecule has 122 valence electrons. The second-order valence-electron chi connectivity index (χ2n) is 6.02. The van der Waals surface area contributed by atoms with Gasteiger partial charge >= 0.3 is 6.03 Å². The first-order valence-corrected chi connectivity index (χ1v) is 8.84. The summed E-state index contributed by atoms with van der Waals surface area (Å²) >= 11 is 1.75. The Morgan fingerprint density at radius 2 is 2.26 bits per heavy atom. The first-order chi connectivity index (χ1) is 11.1. The maximum Gasteiger partial charge on any atom is 0.317 e. The molecule has 2 aromatic rings. The van der Waals surface area contributed by atoms with Crippen LogP contribution in [0.15, 0.2) is 24.5 Å². The van der Waals surface area contributed by atoms with E-state index < -0.39 is 0 Å². The third-order valence-electron chi connectivity index (χ3n) is 4.06. The number of amides is 2. The van der Waals surface area contributed by atoms with Gasteiger partial charge in [-0.2, -0.15) is 0 Å². The van der Waals surface area contributed by atoms with E-state index in [1.165, 1.54) is 23.4 Å². The van der Waals surface area contributed by atoms with Crippen LogP contribution in [0.5, 0.6) is 0 Å². The van der Waals surface area contributed by atoms with Gasteiger partial charge in [0, 0.05) is 30.9 Å². The van der Waals surface area contributed by atoms with Crippen LogP contribution in [0.4, 0.5) is 4.79 Å². The van der Waals surface area contributed by atoms with E-state index in [-0.39, 0.29) is 12.1 Å². The minimum absolute atomic E-state index is 0.0607. The van der Waals surface area contributed by atoms with Crippen LogP contribution >= 0.6 is 11.3 Å². The number of aryl methyl sites for hydroxylation is 2. The van der Waals surface area contributed by atoms with Crippen molar-refractivity contribution in [3.05, 3.63) is 45.7 Å². The van der Waals surface area contributed by atoms with Gasteiger partial charge in [-0.15, -0.1) is 11.3 Å². The van der Waals surface area contributed by atoms with E-state index >= 15 is 0 Å². The molecule has 0 aromatic carbocycles. The number of pyridine rings is 1. The summed E-state index contributed by atoms with van der Waals surface area (Å²) < 4.78 is 0. The number of fused-ring (bicyclic) bond motifs is 1. The third-order valence-corrected chi connectivity index (χ3v) is 5.40. The molecular formula is C17H22N4OS. The van der Waals surface area contributed by atoms with Gasteiger partial charge in [0.05, 0.1) is 11.7 Å². The van der Waals surface area contributed by atoms with E-state index in [2.05, 4.69) is 10.3 Å². The Kier molecular flexibility index (Phi) is 4.91. The normalized spacial score (nSPS) is 14.9. The van der Waals surface area contributed by atoms with Gasteiger partial charge in [0.2, 0.25) is 0 Å². The Morgan fingerprint density at radius 3 is 3.00 bits per heavy atom. The molecule has 2 amide bonds. The molecule has 0 saturated carbocycles. The van der Waals surface area contributed by atoms with Gasteiger partial charge in [-0.05, 0) is 44.2 Å². The number of thiazole rings is 1. The van der Waals surface area contributed by atoms with Crippen molar-refractivity contribution in [3.8, 4) is 0 Å². The first kappa shape index (κ1) is 15.9. The van der Waals surface area contributed by atoms with E-state index in [1.807, 2.05) is 19.1 Å². The fourth-order valence-corrected chi connectivity index (χ4v) is 3.91. The van der Waals surface area contributed by atoms with E-state index in [0.29, 0.717) is 6.54 Å². The number of rotatable bonds is 4. The van der Waals surface area contributed by atoms with Crippen molar-refractivity contribution in [2.45, 2.75) is 45.2 Å². The Hall–Kier alpha value is -1.95. The fraction of sp³-hybridized carbons (Fsp3) is 0.471. The zero-order chi connectivity index (χ0) is 16.2. The van der Waals surface area contributed by atoms with Gasteiger partial charge in [-0.25, -0.2) is 9.78 Å². The number of nitrogens with one attached hydrogen (secondary N) is 1. The SMILES string of the molecule is C[C@H](NC(=O)N(C)Cc1cccnc1)c1nc2c(s1)CCCC2. The lowest BCUT2D eigenvalue weighted by molar-refractivity contribution is 0.203. The van der Waals surface area contributed by atoms with E-state index in [1.54, 1.807) is 35.7 Å². The van der Waals surface area contributed by atoms with Crippen LogP contribution in [-0.2, 0) is 19.4 Å². The van der Waals surface area contributed by atoms with Crippen LogP contribution < -0.4 is 5.32 Å². The Morgan fingerprint density at radius 1 is 1.43 bits per heavy atom. The van der Waals surface area contributed by atoms with E-state index in [0.717, 1.165) is 23.4 Å². The topological polar surface area (TPSA) is 58.1 Å². The monoisotopic (exact) mass is 330 g/mol. The lowest BCUT2D eigenvalue weighted by Crippen LogP contribution is -2.38. The van der Waals surface area contributed by atoms with Crippen LogP contribution in [0.3, 0.4) is 0 Å². The van der Waals surface area contributed by atoms with Crippen LogP contribution in [0.2, 0.25) is 0 Å². The highest BCUT2D eigenvalue weighted by atomic mass is 32.1. The van der Waals surface area contributed by atoms with Crippen LogP contribution in [0, 0.1) is 0 Å². The van der Waals surface area contributed by atoms with Gasteiger partial charge in [-0.1, -0.05) is 6.07 Å². The Balaban J connectivity index is 1.59. The minimum atomic E-state index is -0.0884. The van der Waals surface area contributed by atoms with Crippen molar-refractivity contribution in [2.75, 3.05) is 7.05 Å². The molecule has 2 heterocycles. The smallest absolute Gasteiger partial charge is 0.317 e. The fourth-order valence-electron chi connectivity index (χ4n) is 2.75. The molecule has 23 heavy (non-hydrogen) atoms. The summed E-state index contributed by atoms with van der Waals surface area (Å²) in [6.07, 6.45) is 8.20. The molecule has 5 nitrogen and oxygen atoms in total. The molecular weight excluding hydrogens is 308 g/mol. The summed E-state index contributed by atoms with van der Waals surface area (Å²) in [4.78, 5) is 24.2. The number of carbonyl (C=O) groups excluding carboxylic acids is 1. The van der Waals surface area contributed by atoms with E-state index in [4.69, 9.17) is 4.98 Å². The first-order valence-electron chi connectivity index (χ1n) is 8.02. The second kappa shape index (κ2) is 7.08. The predicted octanol–water partition coefficient (Wildman–Crippen LogP) is 3.32. The molecule has 1 N–H and O–H groups in total. The Bertz CT molecular complexity index is 647. The number of carbonyl (C=O) groups is 1. The zero-order valence-corrected chi connectivity index (χ0v) is 14.4. The van der Waals surface area contributed by atoms with Gasteiger partial charge in [0.25, 0.3) is 0 Å². The summed E-state index contributed by atoms with van der Waals surface area (Å²) in [6.45, 7) is 2.54. The molecule has 6 heteroatoms. The van der Waals surface area contributed by atoms with Gasteiger partial charge in [-0.3, -0.25) is 4.98 Å². The summed E-state index contributed by atoms with van der Waals surface area (Å²) in [7, 11) is 1.79. The second-order valence-corrected chi connectivity index (χ2v) is 7.13. The number of hydrogen-bond acceptors (Lipinski definition) is 4. The van der Waals surface area contributed by atoms with Crippen molar-refractivity contribution in [1.82, 2.24) is 20.2 Å².